The van der Waals surface area contributed by atoms with Crippen molar-refractivity contribution in [3.8, 4) is 0 Å². The molecule has 1 aromatic carbocycles. The Kier molecular flexibility index (Phi) is 3.84. The lowest BCUT2D eigenvalue weighted by Gasteiger charge is -2.32. The lowest BCUT2D eigenvalue weighted by Crippen LogP contribution is -2.35. The second-order valence-corrected chi connectivity index (χ2v) is 6.57. The van der Waals surface area contributed by atoms with Crippen molar-refractivity contribution in [1.82, 2.24) is 14.8 Å². The van der Waals surface area contributed by atoms with Crippen molar-refractivity contribution in [1.29, 1.82) is 0 Å². The van der Waals surface area contributed by atoms with E-state index in [0.29, 0.717) is 16.3 Å². The SMILES string of the molecule is Fc1cc(Cl)ccc1C1=NOC2(CCCCC2)/C1=C\n1cncn1. The van der Waals surface area contributed by atoms with E-state index in [-0.39, 0.29) is 0 Å². The molecule has 2 aliphatic rings. The van der Waals surface area contributed by atoms with Crippen LogP contribution in [0.3, 0.4) is 0 Å². The molecule has 0 unspecified atom stereocenters. The smallest absolute Gasteiger partial charge is 0.166 e. The van der Waals surface area contributed by atoms with Crippen molar-refractivity contribution in [2.45, 2.75) is 37.7 Å². The number of oxime groups is 1. The van der Waals surface area contributed by atoms with E-state index in [9.17, 15) is 4.39 Å². The molecule has 0 radical (unpaired) electrons. The molecule has 7 heteroatoms. The Morgan fingerprint density at radius 2 is 2.08 bits per heavy atom. The van der Waals surface area contributed by atoms with Crippen LogP contribution in [-0.2, 0) is 4.84 Å². The fourth-order valence-corrected chi connectivity index (χ4v) is 3.56. The van der Waals surface area contributed by atoms with Crippen LogP contribution in [0.15, 0.2) is 41.6 Å². The Labute approximate surface area is 143 Å². The average Bonchev–Trinajstić information content (AvgIpc) is 3.19. The highest BCUT2D eigenvalue weighted by Crippen LogP contribution is 2.43. The molecule has 0 amide bonds. The van der Waals surface area contributed by atoms with Crippen molar-refractivity contribution in [2.24, 2.45) is 5.16 Å². The predicted molar refractivity (Wildman–Crippen MR) is 89.1 cm³/mol. The standard InChI is InChI=1S/C17H16ClFN4O/c18-12-4-5-13(15(19)8-12)16-14(9-23-11-20-10-21-23)17(24-22-16)6-2-1-3-7-17/h4-5,8-11H,1-3,6-7H2/b14-9-. The molecule has 1 saturated carbocycles. The van der Waals surface area contributed by atoms with E-state index in [1.807, 2.05) is 6.20 Å². The molecular weight excluding hydrogens is 331 g/mol. The van der Waals surface area contributed by atoms with E-state index in [0.717, 1.165) is 31.3 Å². The zero-order chi connectivity index (χ0) is 16.6. The third-order valence-corrected chi connectivity index (χ3v) is 4.84. The summed E-state index contributed by atoms with van der Waals surface area (Å²) in [7, 11) is 0. The van der Waals surface area contributed by atoms with Crippen molar-refractivity contribution in [3.63, 3.8) is 0 Å². The maximum absolute atomic E-state index is 14.4. The van der Waals surface area contributed by atoms with Crippen LogP contribution in [0.5, 0.6) is 0 Å². The molecule has 124 valence electrons. The Balaban J connectivity index is 1.81. The first kappa shape index (κ1) is 15.3. The van der Waals surface area contributed by atoms with Gasteiger partial charge in [0.05, 0.1) is 0 Å². The largest absolute Gasteiger partial charge is 0.384 e. The van der Waals surface area contributed by atoms with Gasteiger partial charge in [0.2, 0.25) is 0 Å². The van der Waals surface area contributed by atoms with E-state index < -0.39 is 11.4 Å². The van der Waals surface area contributed by atoms with Gasteiger partial charge in [-0.15, -0.1) is 0 Å². The van der Waals surface area contributed by atoms with Crippen LogP contribution in [0, 0.1) is 5.82 Å². The fraction of sp³-hybridized carbons (Fsp3) is 0.353. The van der Waals surface area contributed by atoms with Crippen LogP contribution >= 0.6 is 11.6 Å². The maximum Gasteiger partial charge on any atom is 0.166 e. The van der Waals surface area contributed by atoms with E-state index in [2.05, 4.69) is 15.2 Å². The lowest BCUT2D eigenvalue weighted by molar-refractivity contribution is -0.0215. The van der Waals surface area contributed by atoms with Gasteiger partial charge in [-0.05, 0) is 43.9 Å². The van der Waals surface area contributed by atoms with Crippen LogP contribution in [0.2, 0.25) is 5.02 Å². The Bertz CT molecular complexity index is 810. The van der Waals surface area contributed by atoms with E-state index >= 15 is 0 Å². The summed E-state index contributed by atoms with van der Waals surface area (Å²) in [4.78, 5) is 9.81. The number of nitrogens with zero attached hydrogens (tertiary/aromatic N) is 4. The molecule has 1 spiro atoms. The highest BCUT2D eigenvalue weighted by Gasteiger charge is 2.46. The molecular formula is C17H16ClFN4O. The van der Waals surface area contributed by atoms with Gasteiger partial charge in [-0.2, -0.15) is 5.10 Å². The summed E-state index contributed by atoms with van der Waals surface area (Å²) in [6.07, 6.45) is 9.88. The van der Waals surface area contributed by atoms with Crippen molar-refractivity contribution in [3.05, 3.63) is 52.8 Å². The average molecular weight is 347 g/mol. The fourth-order valence-electron chi connectivity index (χ4n) is 3.40. The summed E-state index contributed by atoms with van der Waals surface area (Å²) in [5.41, 5.74) is 1.22. The summed E-state index contributed by atoms with van der Waals surface area (Å²) < 4.78 is 16.0. The monoisotopic (exact) mass is 346 g/mol. The van der Waals surface area contributed by atoms with Crippen LogP contribution in [0.4, 0.5) is 4.39 Å². The first-order valence-electron chi connectivity index (χ1n) is 7.96. The molecule has 1 aliphatic heterocycles. The summed E-state index contributed by atoms with van der Waals surface area (Å²) >= 11 is 5.87. The first-order valence-corrected chi connectivity index (χ1v) is 8.34. The van der Waals surface area contributed by atoms with Gasteiger partial charge in [-0.25, -0.2) is 14.1 Å². The molecule has 0 saturated heterocycles. The minimum absolute atomic E-state index is 0.352. The van der Waals surface area contributed by atoms with Gasteiger partial charge >= 0.3 is 0 Å². The van der Waals surface area contributed by atoms with Crippen molar-refractivity contribution in [2.75, 3.05) is 0 Å². The number of aromatic nitrogens is 3. The molecule has 0 N–H and O–H groups in total. The number of hydrogen-bond donors (Lipinski definition) is 0. The predicted octanol–water partition coefficient (Wildman–Crippen LogP) is 4.05. The van der Waals surface area contributed by atoms with Gasteiger partial charge in [-0.1, -0.05) is 23.2 Å². The second kappa shape index (κ2) is 6.02. The summed E-state index contributed by atoms with van der Waals surface area (Å²) in [6, 6.07) is 4.58. The zero-order valence-corrected chi connectivity index (χ0v) is 13.7. The van der Waals surface area contributed by atoms with Gasteiger partial charge in [0.15, 0.2) is 5.60 Å². The van der Waals surface area contributed by atoms with Crippen molar-refractivity contribution >= 4 is 23.5 Å². The van der Waals surface area contributed by atoms with Gasteiger partial charge in [0.25, 0.3) is 0 Å². The number of rotatable bonds is 2. The summed E-state index contributed by atoms with van der Waals surface area (Å²) in [5.74, 6) is -0.415. The molecule has 0 atom stereocenters. The highest BCUT2D eigenvalue weighted by molar-refractivity contribution is 6.30. The van der Waals surface area contributed by atoms with Crippen LogP contribution in [0.1, 0.15) is 37.7 Å². The Morgan fingerprint density at radius 3 is 2.79 bits per heavy atom. The zero-order valence-electron chi connectivity index (χ0n) is 13.0. The van der Waals surface area contributed by atoms with Crippen molar-refractivity contribution < 1.29 is 9.23 Å². The number of halogens is 2. The van der Waals surface area contributed by atoms with Gasteiger partial charge in [0.1, 0.15) is 24.2 Å². The van der Waals surface area contributed by atoms with E-state index in [1.165, 1.54) is 18.8 Å². The minimum Gasteiger partial charge on any atom is -0.384 e. The molecule has 1 aromatic heterocycles. The normalized spacial score (nSPS) is 21.1. The van der Waals surface area contributed by atoms with E-state index in [4.69, 9.17) is 16.4 Å². The second-order valence-electron chi connectivity index (χ2n) is 6.13. The Hall–Kier alpha value is -2.21. The third-order valence-electron chi connectivity index (χ3n) is 4.60. The first-order chi connectivity index (χ1) is 11.7. The van der Waals surface area contributed by atoms with Crippen LogP contribution in [0.25, 0.3) is 6.20 Å². The van der Waals surface area contributed by atoms with E-state index in [1.54, 1.807) is 23.1 Å². The summed E-state index contributed by atoms with van der Waals surface area (Å²) in [6.45, 7) is 0. The molecule has 1 fully saturated rings. The van der Waals surface area contributed by atoms with Gasteiger partial charge in [-0.3, -0.25) is 0 Å². The minimum atomic E-state index is -0.508. The van der Waals surface area contributed by atoms with Gasteiger partial charge < -0.3 is 4.84 Å². The van der Waals surface area contributed by atoms with Crippen LogP contribution < -0.4 is 0 Å². The molecule has 2 heterocycles. The van der Waals surface area contributed by atoms with Crippen LogP contribution in [-0.4, -0.2) is 26.1 Å². The lowest BCUT2D eigenvalue weighted by atomic mass is 9.77. The molecule has 0 bridgehead atoms. The Morgan fingerprint density at radius 1 is 1.25 bits per heavy atom. The quantitative estimate of drug-likeness (QED) is 0.824. The molecule has 5 nitrogen and oxygen atoms in total. The molecule has 4 rings (SSSR count). The topological polar surface area (TPSA) is 52.3 Å². The highest BCUT2D eigenvalue weighted by atomic mass is 35.5. The third kappa shape index (κ3) is 2.60. The number of benzene rings is 1. The summed E-state index contributed by atoms with van der Waals surface area (Å²) in [5, 5.41) is 8.72. The van der Waals surface area contributed by atoms with Gasteiger partial charge in [0, 0.05) is 22.4 Å². The molecule has 1 aliphatic carbocycles. The molecule has 2 aromatic rings. The molecule has 24 heavy (non-hydrogen) atoms. The maximum atomic E-state index is 14.4. The number of hydrogen-bond acceptors (Lipinski definition) is 4.